The molecule has 1 atom stereocenters. The number of nitrogens with one attached hydrogen (secondary N) is 1. The van der Waals surface area contributed by atoms with Gasteiger partial charge in [0.25, 0.3) is 0 Å². The average molecular weight is 305 g/mol. The van der Waals surface area contributed by atoms with Crippen molar-refractivity contribution in [2.45, 2.75) is 17.4 Å². The SMILES string of the molecule is O=[N+]([O-])c1cccnc1N[C@@H]1CCSc2c(F)cccc21. The van der Waals surface area contributed by atoms with Crippen LogP contribution in [0, 0.1) is 15.9 Å². The van der Waals surface area contributed by atoms with Gasteiger partial charge in [0.15, 0.2) is 0 Å². The molecule has 7 heteroatoms. The number of nitro groups is 1. The number of anilines is 1. The molecular formula is C14H12FN3O2S. The first-order valence-electron chi connectivity index (χ1n) is 6.44. The van der Waals surface area contributed by atoms with Crippen LogP contribution in [0.25, 0.3) is 0 Å². The number of halogens is 1. The molecular weight excluding hydrogens is 293 g/mol. The molecule has 0 unspecified atom stereocenters. The quantitative estimate of drug-likeness (QED) is 0.690. The number of rotatable bonds is 3. The van der Waals surface area contributed by atoms with Crippen LogP contribution in [0.2, 0.25) is 0 Å². The standard InChI is InChI=1S/C14H12FN3O2S/c15-10-4-1-3-9-11(6-8-21-13(9)10)17-14-12(18(19)20)5-2-7-16-14/h1-5,7,11H,6,8H2,(H,16,17)/t11-/m1/s1. The van der Waals surface area contributed by atoms with Gasteiger partial charge in [-0.3, -0.25) is 10.1 Å². The lowest BCUT2D eigenvalue weighted by molar-refractivity contribution is -0.384. The minimum atomic E-state index is -0.473. The lowest BCUT2D eigenvalue weighted by Gasteiger charge is -2.26. The summed E-state index contributed by atoms with van der Waals surface area (Å²) in [6, 6.07) is 7.67. The summed E-state index contributed by atoms with van der Waals surface area (Å²) in [7, 11) is 0. The second kappa shape index (κ2) is 5.69. The van der Waals surface area contributed by atoms with E-state index < -0.39 is 4.92 Å². The first-order valence-corrected chi connectivity index (χ1v) is 7.42. The van der Waals surface area contributed by atoms with E-state index in [0.717, 1.165) is 17.7 Å². The Hall–Kier alpha value is -2.15. The maximum absolute atomic E-state index is 13.8. The molecule has 21 heavy (non-hydrogen) atoms. The van der Waals surface area contributed by atoms with Crippen molar-refractivity contribution in [2.24, 2.45) is 0 Å². The smallest absolute Gasteiger partial charge is 0.311 e. The van der Waals surface area contributed by atoms with E-state index >= 15 is 0 Å². The van der Waals surface area contributed by atoms with Crippen molar-refractivity contribution in [3.05, 3.63) is 58.0 Å². The van der Waals surface area contributed by atoms with Gasteiger partial charge in [0.2, 0.25) is 5.82 Å². The lowest BCUT2D eigenvalue weighted by atomic mass is 10.0. The van der Waals surface area contributed by atoms with Gasteiger partial charge in [0.05, 0.1) is 11.0 Å². The van der Waals surface area contributed by atoms with Crippen molar-refractivity contribution in [2.75, 3.05) is 11.1 Å². The van der Waals surface area contributed by atoms with Crippen molar-refractivity contribution in [3.63, 3.8) is 0 Å². The van der Waals surface area contributed by atoms with Crippen LogP contribution < -0.4 is 5.32 Å². The average Bonchev–Trinajstić information content (AvgIpc) is 2.49. The van der Waals surface area contributed by atoms with Gasteiger partial charge in [-0.2, -0.15) is 0 Å². The Morgan fingerprint density at radius 3 is 3.05 bits per heavy atom. The highest BCUT2D eigenvalue weighted by Crippen LogP contribution is 2.39. The number of hydrogen-bond donors (Lipinski definition) is 1. The normalized spacial score (nSPS) is 17.1. The fourth-order valence-corrected chi connectivity index (χ4v) is 3.50. The Balaban J connectivity index is 1.95. The van der Waals surface area contributed by atoms with Crippen LogP contribution in [-0.2, 0) is 0 Å². The molecule has 1 N–H and O–H groups in total. The fourth-order valence-electron chi connectivity index (χ4n) is 2.36. The molecule has 3 rings (SSSR count). The molecule has 5 nitrogen and oxygen atoms in total. The van der Waals surface area contributed by atoms with Gasteiger partial charge in [0.1, 0.15) is 5.82 Å². The minimum Gasteiger partial charge on any atom is -0.357 e. The van der Waals surface area contributed by atoms with E-state index in [1.54, 1.807) is 6.07 Å². The molecule has 0 spiro atoms. The van der Waals surface area contributed by atoms with Gasteiger partial charge in [-0.05, 0) is 24.1 Å². The predicted octanol–water partition coefficient (Wildman–Crippen LogP) is 3.78. The van der Waals surface area contributed by atoms with Gasteiger partial charge in [-0.25, -0.2) is 9.37 Å². The van der Waals surface area contributed by atoms with Crippen LogP contribution in [0.5, 0.6) is 0 Å². The second-order valence-corrected chi connectivity index (χ2v) is 5.73. The molecule has 1 aliphatic rings. The summed E-state index contributed by atoms with van der Waals surface area (Å²) in [5.41, 5.74) is 0.750. The van der Waals surface area contributed by atoms with Gasteiger partial charge < -0.3 is 5.32 Å². The molecule has 0 radical (unpaired) electrons. The number of hydrogen-bond acceptors (Lipinski definition) is 5. The summed E-state index contributed by atoms with van der Waals surface area (Å²) < 4.78 is 13.8. The summed E-state index contributed by atoms with van der Waals surface area (Å²) >= 11 is 1.47. The van der Waals surface area contributed by atoms with Crippen molar-refractivity contribution in [3.8, 4) is 0 Å². The largest absolute Gasteiger partial charge is 0.357 e. The van der Waals surface area contributed by atoms with Crippen molar-refractivity contribution in [1.29, 1.82) is 0 Å². The zero-order valence-corrected chi connectivity index (χ0v) is 11.8. The third-order valence-electron chi connectivity index (χ3n) is 3.32. The van der Waals surface area contributed by atoms with E-state index in [0.29, 0.717) is 4.90 Å². The summed E-state index contributed by atoms with van der Waals surface area (Å²) in [5, 5.41) is 14.1. The Kier molecular flexibility index (Phi) is 3.74. The molecule has 0 amide bonds. The number of nitrogens with zero attached hydrogens (tertiary/aromatic N) is 2. The number of benzene rings is 1. The molecule has 1 aromatic carbocycles. The van der Waals surface area contributed by atoms with Crippen molar-refractivity contribution < 1.29 is 9.31 Å². The minimum absolute atomic E-state index is 0.0753. The number of fused-ring (bicyclic) bond motifs is 1. The number of aromatic nitrogens is 1. The van der Waals surface area contributed by atoms with Crippen LogP contribution in [0.3, 0.4) is 0 Å². The number of pyridine rings is 1. The summed E-state index contributed by atoms with van der Waals surface area (Å²) in [5.74, 6) is 0.723. The van der Waals surface area contributed by atoms with Gasteiger partial charge in [-0.1, -0.05) is 12.1 Å². The van der Waals surface area contributed by atoms with E-state index in [4.69, 9.17) is 0 Å². The lowest BCUT2D eigenvalue weighted by Crippen LogP contribution is -2.18. The number of thioether (sulfide) groups is 1. The van der Waals surface area contributed by atoms with Gasteiger partial charge in [0, 0.05) is 22.9 Å². The van der Waals surface area contributed by atoms with Crippen LogP contribution >= 0.6 is 11.8 Å². The topological polar surface area (TPSA) is 68.1 Å². The second-order valence-electron chi connectivity index (χ2n) is 4.62. The van der Waals surface area contributed by atoms with E-state index in [1.165, 1.54) is 36.2 Å². The highest BCUT2D eigenvalue weighted by molar-refractivity contribution is 7.99. The summed E-state index contributed by atoms with van der Waals surface area (Å²) in [4.78, 5) is 15.2. The van der Waals surface area contributed by atoms with E-state index in [-0.39, 0.29) is 23.4 Å². The zero-order valence-electron chi connectivity index (χ0n) is 11.0. The van der Waals surface area contributed by atoms with Gasteiger partial charge in [-0.15, -0.1) is 11.8 Å². The Morgan fingerprint density at radius 1 is 1.38 bits per heavy atom. The predicted molar refractivity (Wildman–Crippen MR) is 79.0 cm³/mol. The molecule has 108 valence electrons. The third kappa shape index (κ3) is 2.69. The third-order valence-corrected chi connectivity index (χ3v) is 4.48. The highest BCUT2D eigenvalue weighted by atomic mass is 32.2. The Labute approximate surface area is 124 Å². The molecule has 2 aromatic rings. The van der Waals surface area contributed by atoms with Crippen LogP contribution in [-0.4, -0.2) is 15.7 Å². The van der Waals surface area contributed by atoms with Crippen molar-refractivity contribution in [1.82, 2.24) is 4.98 Å². The molecule has 1 aromatic heterocycles. The van der Waals surface area contributed by atoms with Gasteiger partial charge >= 0.3 is 5.69 Å². The van der Waals surface area contributed by atoms with Crippen LogP contribution in [0.4, 0.5) is 15.9 Å². The van der Waals surface area contributed by atoms with E-state index in [2.05, 4.69) is 10.3 Å². The van der Waals surface area contributed by atoms with Crippen LogP contribution in [0.1, 0.15) is 18.0 Å². The van der Waals surface area contributed by atoms with Crippen LogP contribution in [0.15, 0.2) is 41.4 Å². The molecule has 0 bridgehead atoms. The molecule has 2 heterocycles. The van der Waals surface area contributed by atoms with E-state index in [1.807, 2.05) is 6.07 Å². The molecule has 1 aliphatic heterocycles. The monoisotopic (exact) mass is 305 g/mol. The molecule has 0 fully saturated rings. The first-order chi connectivity index (χ1) is 10.2. The molecule has 0 saturated heterocycles. The van der Waals surface area contributed by atoms with Crippen molar-refractivity contribution >= 4 is 23.3 Å². The fraction of sp³-hybridized carbons (Fsp3) is 0.214. The Morgan fingerprint density at radius 2 is 2.24 bits per heavy atom. The van der Waals surface area contributed by atoms with E-state index in [9.17, 15) is 14.5 Å². The maximum atomic E-state index is 13.8. The summed E-state index contributed by atoms with van der Waals surface area (Å²) in [6.45, 7) is 0. The first kappa shape index (κ1) is 13.8. The Bertz CT molecular complexity index is 696. The zero-order chi connectivity index (χ0) is 14.8. The highest BCUT2D eigenvalue weighted by Gasteiger charge is 2.25. The maximum Gasteiger partial charge on any atom is 0.311 e. The molecule has 0 saturated carbocycles. The molecule has 0 aliphatic carbocycles. The summed E-state index contributed by atoms with van der Waals surface area (Å²) in [6.07, 6.45) is 2.26.